The summed E-state index contributed by atoms with van der Waals surface area (Å²) in [6, 6.07) is 6.39. The predicted octanol–water partition coefficient (Wildman–Crippen LogP) is 1.64. The molecule has 4 nitrogen and oxygen atoms in total. The van der Waals surface area contributed by atoms with Gasteiger partial charge in [0.25, 0.3) is 0 Å². The van der Waals surface area contributed by atoms with Crippen molar-refractivity contribution < 1.29 is 14.0 Å². The lowest BCUT2D eigenvalue weighted by molar-refractivity contribution is -0.135. The molecule has 0 aromatic heterocycles. The fourth-order valence-electron chi connectivity index (χ4n) is 2.52. The molecule has 1 atom stereocenters. The molecule has 0 aliphatic carbocycles. The minimum absolute atomic E-state index is 0.0121. The second-order valence-electron chi connectivity index (χ2n) is 4.84. The van der Waals surface area contributed by atoms with Gasteiger partial charge >= 0.3 is 0 Å². The van der Waals surface area contributed by atoms with E-state index in [-0.39, 0.29) is 24.2 Å². The Labute approximate surface area is 112 Å². The summed E-state index contributed by atoms with van der Waals surface area (Å²) in [7, 11) is 0. The quantitative estimate of drug-likeness (QED) is 0.843. The number of hydrogen-bond acceptors (Lipinski definition) is 3. The van der Waals surface area contributed by atoms with Crippen LogP contribution in [0.25, 0.3) is 0 Å². The monoisotopic (exact) mass is 266 g/mol. The number of halogens is 1. The first kappa shape index (κ1) is 14.0. The third-order valence-corrected chi connectivity index (χ3v) is 3.54. The maximum atomic E-state index is 13.5. The second kappa shape index (κ2) is 6.63. The number of benzene rings is 1. The van der Waals surface area contributed by atoms with Crippen molar-refractivity contribution in [3.63, 3.8) is 0 Å². The van der Waals surface area contributed by atoms with Crippen molar-refractivity contribution in [2.24, 2.45) is 5.90 Å². The molecule has 5 heteroatoms. The molecule has 0 radical (unpaired) electrons. The van der Waals surface area contributed by atoms with Crippen LogP contribution in [0.1, 0.15) is 24.8 Å². The van der Waals surface area contributed by atoms with Crippen molar-refractivity contribution in [2.75, 3.05) is 13.2 Å². The number of hydrogen-bond donors (Lipinski definition) is 1. The summed E-state index contributed by atoms with van der Waals surface area (Å²) in [4.78, 5) is 18.7. The van der Waals surface area contributed by atoms with Gasteiger partial charge in [-0.3, -0.25) is 4.79 Å². The van der Waals surface area contributed by atoms with Crippen LogP contribution < -0.4 is 5.90 Å². The number of likely N-dealkylation sites (tertiary alicyclic amines) is 1. The summed E-state index contributed by atoms with van der Waals surface area (Å²) in [5, 5.41) is 0. The first-order valence-corrected chi connectivity index (χ1v) is 6.57. The normalized spacial score (nSPS) is 19.5. The van der Waals surface area contributed by atoms with Crippen LogP contribution in [0.2, 0.25) is 0 Å². The van der Waals surface area contributed by atoms with Crippen LogP contribution in [0.3, 0.4) is 0 Å². The van der Waals surface area contributed by atoms with Crippen LogP contribution in [-0.2, 0) is 16.1 Å². The molecule has 1 amide bonds. The number of rotatable bonds is 4. The Bertz CT molecular complexity index is 437. The van der Waals surface area contributed by atoms with Gasteiger partial charge in [0.1, 0.15) is 5.82 Å². The number of carbonyl (C=O) groups excluding carboxylic acids is 1. The number of nitrogens with zero attached hydrogens (tertiary/aromatic N) is 1. The summed E-state index contributed by atoms with van der Waals surface area (Å²) < 4.78 is 13.5. The van der Waals surface area contributed by atoms with E-state index in [1.165, 1.54) is 6.07 Å². The summed E-state index contributed by atoms with van der Waals surface area (Å²) in [5.41, 5.74) is 0.436. The minimum atomic E-state index is -0.334. The van der Waals surface area contributed by atoms with Crippen LogP contribution in [0, 0.1) is 5.82 Å². The van der Waals surface area contributed by atoms with E-state index in [1.54, 1.807) is 23.1 Å². The zero-order valence-electron chi connectivity index (χ0n) is 10.8. The van der Waals surface area contributed by atoms with Crippen LogP contribution in [0.15, 0.2) is 24.3 Å². The van der Waals surface area contributed by atoms with E-state index in [4.69, 9.17) is 5.90 Å². The molecule has 1 aromatic carbocycles. The standard InChI is InChI=1S/C14H19FN2O2/c15-13-7-2-1-5-11(13)9-14(18)17-8-4-3-6-12(17)10-19-16/h1-2,5,7,12H,3-4,6,8-10,16H2. The molecule has 19 heavy (non-hydrogen) atoms. The second-order valence-corrected chi connectivity index (χ2v) is 4.84. The van der Waals surface area contributed by atoms with E-state index in [9.17, 15) is 9.18 Å². The predicted molar refractivity (Wildman–Crippen MR) is 69.6 cm³/mol. The van der Waals surface area contributed by atoms with Gasteiger partial charge in [-0.15, -0.1) is 0 Å². The molecule has 104 valence electrons. The molecule has 1 heterocycles. The summed E-state index contributed by atoms with van der Waals surface area (Å²) in [6.45, 7) is 1.03. The van der Waals surface area contributed by atoms with Crippen molar-refractivity contribution in [3.8, 4) is 0 Å². The summed E-state index contributed by atoms with van der Waals surface area (Å²) >= 11 is 0. The molecule has 1 saturated heterocycles. The van der Waals surface area contributed by atoms with Gasteiger partial charge in [-0.1, -0.05) is 18.2 Å². The molecule has 0 saturated carbocycles. The maximum Gasteiger partial charge on any atom is 0.227 e. The fraction of sp³-hybridized carbons (Fsp3) is 0.500. The van der Waals surface area contributed by atoms with Crippen molar-refractivity contribution in [3.05, 3.63) is 35.6 Å². The number of nitrogens with two attached hydrogens (primary N) is 1. The lowest BCUT2D eigenvalue weighted by atomic mass is 10.0. The van der Waals surface area contributed by atoms with E-state index in [0.717, 1.165) is 19.3 Å². The van der Waals surface area contributed by atoms with Crippen molar-refractivity contribution >= 4 is 5.91 Å². The Morgan fingerprint density at radius 3 is 2.95 bits per heavy atom. The van der Waals surface area contributed by atoms with Crippen LogP contribution in [0.4, 0.5) is 4.39 Å². The number of carbonyl (C=O) groups is 1. The lowest BCUT2D eigenvalue weighted by Gasteiger charge is -2.35. The highest BCUT2D eigenvalue weighted by Crippen LogP contribution is 2.19. The molecular formula is C14H19FN2O2. The van der Waals surface area contributed by atoms with Gasteiger partial charge in [0.15, 0.2) is 0 Å². The molecule has 2 N–H and O–H groups in total. The van der Waals surface area contributed by atoms with E-state index in [0.29, 0.717) is 18.7 Å². The largest absolute Gasteiger partial charge is 0.337 e. The first-order valence-electron chi connectivity index (χ1n) is 6.57. The zero-order valence-corrected chi connectivity index (χ0v) is 10.8. The molecule has 0 bridgehead atoms. The van der Waals surface area contributed by atoms with Gasteiger partial charge in [-0.2, -0.15) is 0 Å². The molecule has 1 aliphatic heterocycles. The molecule has 2 rings (SSSR count). The molecule has 1 aromatic rings. The van der Waals surface area contributed by atoms with E-state index in [2.05, 4.69) is 4.84 Å². The number of amides is 1. The van der Waals surface area contributed by atoms with Crippen molar-refractivity contribution in [1.82, 2.24) is 4.90 Å². The fourth-order valence-corrected chi connectivity index (χ4v) is 2.52. The van der Waals surface area contributed by atoms with Gasteiger partial charge < -0.3 is 9.74 Å². The average molecular weight is 266 g/mol. The van der Waals surface area contributed by atoms with Crippen LogP contribution in [0.5, 0.6) is 0 Å². The molecule has 1 aliphatic rings. The van der Waals surface area contributed by atoms with Gasteiger partial charge in [-0.05, 0) is 30.9 Å². The Balaban J connectivity index is 2.03. The van der Waals surface area contributed by atoms with Gasteiger partial charge in [0, 0.05) is 6.54 Å². The lowest BCUT2D eigenvalue weighted by Crippen LogP contribution is -2.47. The Morgan fingerprint density at radius 2 is 2.21 bits per heavy atom. The van der Waals surface area contributed by atoms with Gasteiger partial charge in [0.05, 0.1) is 19.1 Å². The molecule has 0 spiro atoms. The number of piperidine rings is 1. The molecule has 1 unspecified atom stereocenters. The highest BCUT2D eigenvalue weighted by atomic mass is 19.1. The third kappa shape index (κ3) is 3.52. The molecule has 1 fully saturated rings. The van der Waals surface area contributed by atoms with E-state index in [1.807, 2.05) is 0 Å². The van der Waals surface area contributed by atoms with E-state index >= 15 is 0 Å². The van der Waals surface area contributed by atoms with Gasteiger partial charge in [0.2, 0.25) is 5.91 Å². The average Bonchev–Trinajstić information content (AvgIpc) is 2.42. The Morgan fingerprint density at radius 1 is 1.42 bits per heavy atom. The highest BCUT2D eigenvalue weighted by Gasteiger charge is 2.27. The van der Waals surface area contributed by atoms with Crippen molar-refractivity contribution in [1.29, 1.82) is 0 Å². The SMILES string of the molecule is NOCC1CCCCN1C(=O)Cc1ccccc1F. The van der Waals surface area contributed by atoms with Crippen molar-refractivity contribution in [2.45, 2.75) is 31.7 Å². The Kier molecular flexibility index (Phi) is 4.87. The topological polar surface area (TPSA) is 55.6 Å². The maximum absolute atomic E-state index is 13.5. The Hall–Kier alpha value is -1.46. The van der Waals surface area contributed by atoms with Crippen LogP contribution >= 0.6 is 0 Å². The smallest absolute Gasteiger partial charge is 0.227 e. The first-order chi connectivity index (χ1) is 9.22. The summed E-state index contributed by atoms with van der Waals surface area (Å²) in [6.07, 6.45) is 3.02. The molecular weight excluding hydrogens is 247 g/mol. The van der Waals surface area contributed by atoms with E-state index < -0.39 is 0 Å². The third-order valence-electron chi connectivity index (χ3n) is 3.54. The highest BCUT2D eigenvalue weighted by molar-refractivity contribution is 5.79. The minimum Gasteiger partial charge on any atom is -0.337 e. The van der Waals surface area contributed by atoms with Gasteiger partial charge in [-0.25, -0.2) is 10.3 Å². The zero-order chi connectivity index (χ0) is 13.7. The van der Waals surface area contributed by atoms with Crippen LogP contribution in [-0.4, -0.2) is 30.0 Å². The summed E-state index contributed by atoms with van der Waals surface area (Å²) in [5.74, 6) is 4.70.